The van der Waals surface area contributed by atoms with E-state index in [9.17, 15) is 14.9 Å². The molecule has 1 aliphatic rings. The van der Waals surface area contributed by atoms with Gasteiger partial charge in [-0.3, -0.25) is 14.9 Å². The van der Waals surface area contributed by atoms with Gasteiger partial charge in [0, 0.05) is 17.2 Å². The van der Waals surface area contributed by atoms with E-state index in [2.05, 4.69) is 10.3 Å². The number of thioether (sulfide) groups is 1. The Bertz CT molecular complexity index is 927. The number of hydrogen-bond acceptors (Lipinski definition) is 5. The van der Waals surface area contributed by atoms with E-state index in [1.807, 2.05) is 0 Å². The van der Waals surface area contributed by atoms with E-state index >= 15 is 0 Å². The quantitative estimate of drug-likeness (QED) is 0.461. The number of amidine groups is 1. The zero-order valence-corrected chi connectivity index (χ0v) is 14.7. The summed E-state index contributed by atoms with van der Waals surface area (Å²) >= 11 is 13.1. The lowest BCUT2D eigenvalue weighted by atomic mass is 10.2. The SMILES string of the molecule is O=C1NC(=Nc2ccc(Cl)cc2Cl)S/C1=C\c1ccc([N+](=O)[O-])cc1. The Kier molecular flexibility index (Phi) is 5.08. The van der Waals surface area contributed by atoms with Gasteiger partial charge in [-0.15, -0.1) is 0 Å². The molecule has 126 valence electrons. The van der Waals surface area contributed by atoms with Crippen LogP contribution in [-0.4, -0.2) is 16.0 Å². The minimum atomic E-state index is -0.478. The number of rotatable bonds is 3. The molecule has 0 unspecified atom stereocenters. The molecule has 1 amide bonds. The highest BCUT2D eigenvalue weighted by atomic mass is 35.5. The summed E-state index contributed by atoms with van der Waals surface area (Å²) in [5, 5.41) is 14.6. The predicted molar refractivity (Wildman–Crippen MR) is 100 cm³/mol. The average molecular weight is 394 g/mol. The van der Waals surface area contributed by atoms with Gasteiger partial charge in [0.25, 0.3) is 11.6 Å². The number of benzene rings is 2. The van der Waals surface area contributed by atoms with Gasteiger partial charge in [0.2, 0.25) is 0 Å². The molecule has 0 spiro atoms. The molecular weight excluding hydrogens is 385 g/mol. The molecule has 25 heavy (non-hydrogen) atoms. The maximum Gasteiger partial charge on any atom is 0.269 e. The number of aliphatic imine (C=N–C) groups is 1. The lowest BCUT2D eigenvalue weighted by Gasteiger charge is -1.99. The van der Waals surface area contributed by atoms with Crippen molar-refractivity contribution in [2.45, 2.75) is 0 Å². The van der Waals surface area contributed by atoms with Crippen LogP contribution in [0, 0.1) is 10.1 Å². The van der Waals surface area contributed by atoms with Crippen molar-refractivity contribution in [1.29, 1.82) is 0 Å². The van der Waals surface area contributed by atoms with Gasteiger partial charge in [0.05, 0.1) is 20.5 Å². The molecule has 0 aliphatic carbocycles. The Labute approximate surface area is 156 Å². The van der Waals surface area contributed by atoms with E-state index in [-0.39, 0.29) is 11.6 Å². The first-order chi connectivity index (χ1) is 11.9. The second-order valence-corrected chi connectivity index (χ2v) is 6.80. The summed E-state index contributed by atoms with van der Waals surface area (Å²) in [4.78, 5) is 27.0. The second kappa shape index (κ2) is 7.26. The Morgan fingerprint density at radius 1 is 1.16 bits per heavy atom. The summed E-state index contributed by atoms with van der Waals surface area (Å²) in [6, 6.07) is 10.8. The number of nitrogens with one attached hydrogen (secondary N) is 1. The fourth-order valence-corrected chi connectivity index (χ4v) is 3.29. The zero-order chi connectivity index (χ0) is 18.0. The predicted octanol–water partition coefficient (Wildman–Crippen LogP) is 4.79. The van der Waals surface area contributed by atoms with Crippen molar-refractivity contribution >= 4 is 63.5 Å². The highest BCUT2D eigenvalue weighted by molar-refractivity contribution is 8.18. The van der Waals surface area contributed by atoms with Crippen LogP contribution in [0.3, 0.4) is 0 Å². The van der Waals surface area contributed by atoms with E-state index in [4.69, 9.17) is 23.2 Å². The first-order valence-electron chi connectivity index (χ1n) is 6.91. The van der Waals surface area contributed by atoms with Gasteiger partial charge in [-0.25, -0.2) is 4.99 Å². The number of halogens is 2. The normalized spacial score (nSPS) is 17.1. The summed E-state index contributed by atoms with van der Waals surface area (Å²) in [5.41, 5.74) is 1.16. The van der Waals surface area contributed by atoms with Gasteiger partial charge >= 0.3 is 0 Å². The molecule has 1 saturated heterocycles. The number of nitrogens with zero attached hydrogens (tertiary/aromatic N) is 2. The molecule has 0 saturated carbocycles. The Balaban J connectivity index is 1.82. The molecule has 3 rings (SSSR count). The van der Waals surface area contributed by atoms with Crippen LogP contribution in [0.5, 0.6) is 0 Å². The molecule has 0 bridgehead atoms. The number of nitro groups is 1. The summed E-state index contributed by atoms with van der Waals surface area (Å²) in [7, 11) is 0. The number of nitro benzene ring substituents is 1. The molecule has 1 fully saturated rings. The Morgan fingerprint density at radius 2 is 1.88 bits per heavy atom. The third kappa shape index (κ3) is 4.19. The second-order valence-electron chi connectivity index (χ2n) is 4.93. The molecule has 2 aromatic carbocycles. The van der Waals surface area contributed by atoms with E-state index in [0.29, 0.717) is 31.4 Å². The standard InChI is InChI=1S/C16H9Cl2N3O3S/c17-10-3-6-13(12(18)8-10)19-16-20-15(22)14(25-16)7-9-1-4-11(5-2-9)21(23)24/h1-8H,(H,19,20,22)/b14-7-. The average Bonchev–Trinajstić information content (AvgIpc) is 2.90. The van der Waals surface area contributed by atoms with Crippen LogP contribution in [-0.2, 0) is 4.79 Å². The number of non-ortho nitro benzene ring substituents is 1. The number of carbonyl (C=O) groups is 1. The van der Waals surface area contributed by atoms with Crippen molar-refractivity contribution in [1.82, 2.24) is 5.32 Å². The first-order valence-corrected chi connectivity index (χ1v) is 8.49. The summed E-state index contributed by atoms with van der Waals surface area (Å²) in [5.74, 6) is -0.299. The summed E-state index contributed by atoms with van der Waals surface area (Å²) in [6.45, 7) is 0. The Hall–Kier alpha value is -2.35. The van der Waals surface area contributed by atoms with E-state index in [1.165, 1.54) is 12.1 Å². The maximum absolute atomic E-state index is 12.1. The fraction of sp³-hybridized carbons (Fsp3) is 0. The van der Waals surface area contributed by atoms with E-state index in [1.54, 1.807) is 36.4 Å². The monoisotopic (exact) mass is 393 g/mol. The van der Waals surface area contributed by atoms with Crippen molar-refractivity contribution in [3.05, 3.63) is 73.1 Å². The maximum atomic E-state index is 12.1. The summed E-state index contributed by atoms with van der Waals surface area (Å²) in [6.07, 6.45) is 1.63. The van der Waals surface area contributed by atoms with Gasteiger partial charge in [-0.2, -0.15) is 0 Å². The molecule has 0 aromatic heterocycles. The largest absolute Gasteiger partial charge is 0.300 e. The zero-order valence-electron chi connectivity index (χ0n) is 12.4. The van der Waals surface area contributed by atoms with Crippen LogP contribution in [0.4, 0.5) is 11.4 Å². The molecular formula is C16H9Cl2N3O3S. The van der Waals surface area contributed by atoms with Crippen molar-refractivity contribution in [2.75, 3.05) is 0 Å². The van der Waals surface area contributed by atoms with Gasteiger partial charge in [0.1, 0.15) is 0 Å². The van der Waals surface area contributed by atoms with Gasteiger partial charge in [-0.1, -0.05) is 23.2 Å². The highest BCUT2D eigenvalue weighted by Gasteiger charge is 2.24. The lowest BCUT2D eigenvalue weighted by molar-refractivity contribution is -0.384. The molecule has 1 aliphatic heterocycles. The topological polar surface area (TPSA) is 84.6 Å². The van der Waals surface area contributed by atoms with Crippen molar-refractivity contribution < 1.29 is 9.72 Å². The molecule has 1 N–H and O–H groups in total. The fourth-order valence-electron chi connectivity index (χ4n) is 2.01. The van der Waals surface area contributed by atoms with E-state index in [0.717, 1.165) is 11.8 Å². The Morgan fingerprint density at radius 3 is 2.52 bits per heavy atom. The van der Waals surface area contributed by atoms with Crippen molar-refractivity contribution in [2.24, 2.45) is 4.99 Å². The molecule has 0 atom stereocenters. The molecule has 1 heterocycles. The lowest BCUT2D eigenvalue weighted by Crippen LogP contribution is -2.19. The van der Waals surface area contributed by atoms with E-state index < -0.39 is 4.92 Å². The van der Waals surface area contributed by atoms with Crippen LogP contribution in [0.2, 0.25) is 10.0 Å². The van der Waals surface area contributed by atoms with Crippen molar-refractivity contribution in [3.63, 3.8) is 0 Å². The first kappa shape index (κ1) is 17.5. The van der Waals surface area contributed by atoms with Gasteiger partial charge in [-0.05, 0) is 53.7 Å². The van der Waals surface area contributed by atoms with Crippen LogP contribution in [0.25, 0.3) is 6.08 Å². The number of hydrogen-bond donors (Lipinski definition) is 1. The highest BCUT2D eigenvalue weighted by Crippen LogP contribution is 2.32. The molecule has 0 radical (unpaired) electrons. The minimum Gasteiger partial charge on any atom is -0.300 e. The minimum absolute atomic E-state index is 0.00897. The summed E-state index contributed by atoms with van der Waals surface area (Å²) < 4.78 is 0. The van der Waals surface area contributed by atoms with Crippen LogP contribution in [0.1, 0.15) is 5.56 Å². The molecule has 2 aromatic rings. The molecule has 9 heteroatoms. The number of amides is 1. The smallest absolute Gasteiger partial charge is 0.269 e. The third-order valence-electron chi connectivity index (χ3n) is 3.18. The van der Waals surface area contributed by atoms with Crippen LogP contribution >= 0.6 is 35.0 Å². The van der Waals surface area contributed by atoms with Crippen LogP contribution < -0.4 is 5.32 Å². The number of carbonyl (C=O) groups excluding carboxylic acids is 1. The molecule has 6 nitrogen and oxygen atoms in total. The third-order valence-corrected chi connectivity index (χ3v) is 4.63. The van der Waals surface area contributed by atoms with Crippen molar-refractivity contribution in [3.8, 4) is 0 Å². The van der Waals surface area contributed by atoms with Gasteiger partial charge < -0.3 is 5.32 Å². The van der Waals surface area contributed by atoms with Gasteiger partial charge in [0.15, 0.2) is 5.17 Å². The van der Waals surface area contributed by atoms with Crippen LogP contribution in [0.15, 0.2) is 52.4 Å².